The van der Waals surface area contributed by atoms with Crippen LogP contribution in [0, 0.1) is 5.92 Å². The van der Waals surface area contributed by atoms with Gasteiger partial charge in [0.15, 0.2) is 0 Å². The predicted molar refractivity (Wildman–Crippen MR) is 105 cm³/mol. The first kappa shape index (κ1) is 18.2. The number of nitrogens with one attached hydrogen (secondary N) is 5. The number of allylic oxidation sites excluding steroid dienone is 3. The van der Waals surface area contributed by atoms with E-state index in [1.807, 2.05) is 37.4 Å². The Morgan fingerprint density at radius 2 is 2.00 bits per heavy atom. The summed E-state index contributed by atoms with van der Waals surface area (Å²) in [6.07, 6.45) is 9.53. The van der Waals surface area contributed by atoms with Crippen molar-refractivity contribution in [3.8, 4) is 0 Å². The Labute approximate surface area is 154 Å². The van der Waals surface area contributed by atoms with E-state index in [9.17, 15) is 8.42 Å². The molecule has 0 unspecified atom stereocenters. The van der Waals surface area contributed by atoms with Crippen LogP contribution >= 0.6 is 0 Å². The Balaban J connectivity index is 1.76. The summed E-state index contributed by atoms with van der Waals surface area (Å²) in [4.78, 5) is 0. The Kier molecular flexibility index (Phi) is 5.41. The maximum atomic E-state index is 11.5. The lowest BCUT2D eigenvalue weighted by molar-refractivity contribution is 0.607. The highest BCUT2D eigenvalue weighted by atomic mass is 32.2. The van der Waals surface area contributed by atoms with Crippen LogP contribution in [0.4, 0.5) is 5.69 Å². The topological polar surface area (TPSA) is 94.3 Å². The van der Waals surface area contributed by atoms with Gasteiger partial charge in [0.25, 0.3) is 0 Å². The van der Waals surface area contributed by atoms with Gasteiger partial charge in [0.2, 0.25) is 10.0 Å². The van der Waals surface area contributed by atoms with Crippen LogP contribution in [0.25, 0.3) is 5.70 Å². The van der Waals surface area contributed by atoms with Crippen LogP contribution in [0.15, 0.2) is 54.1 Å². The fraction of sp³-hybridized carbons (Fsp3) is 0.333. The van der Waals surface area contributed by atoms with Crippen molar-refractivity contribution in [3.63, 3.8) is 0 Å². The quantitative estimate of drug-likeness (QED) is 0.521. The molecule has 1 aliphatic heterocycles. The average molecular weight is 375 g/mol. The van der Waals surface area contributed by atoms with Crippen molar-refractivity contribution >= 4 is 21.4 Å². The lowest BCUT2D eigenvalue weighted by Gasteiger charge is -2.17. The summed E-state index contributed by atoms with van der Waals surface area (Å²) in [6, 6.07) is 7.21. The molecule has 7 nitrogen and oxygen atoms in total. The van der Waals surface area contributed by atoms with E-state index in [0.29, 0.717) is 5.69 Å². The lowest BCUT2D eigenvalue weighted by Crippen LogP contribution is -2.37. The molecule has 1 heterocycles. The maximum Gasteiger partial charge on any atom is 0.229 e. The van der Waals surface area contributed by atoms with Crippen LogP contribution in [-0.2, 0) is 10.0 Å². The smallest absolute Gasteiger partial charge is 0.229 e. The van der Waals surface area contributed by atoms with Crippen molar-refractivity contribution in [2.45, 2.75) is 19.8 Å². The molecule has 0 aromatic heterocycles. The first-order valence-electron chi connectivity index (χ1n) is 8.58. The molecule has 1 aliphatic carbocycles. The Bertz CT molecular complexity index is 854. The van der Waals surface area contributed by atoms with Crippen molar-refractivity contribution < 1.29 is 8.42 Å². The molecule has 0 bridgehead atoms. The molecular formula is C18H25N5O2S. The fourth-order valence-electron chi connectivity index (χ4n) is 2.45. The highest BCUT2D eigenvalue weighted by Gasteiger charge is 2.20. The van der Waals surface area contributed by atoms with Gasteiger partial charge in [-0.25, -0.2) is 8.42 Å². The highest BCUT2D eigenvalue weighted by Crippen LogP contribution is 2.27. The SMILES string of the molecule is C/C1=C\C=C(\NCC2CC2)NN/C(c2cccc(NS(C)(=O)=O)c2)=C\N1. The van der Waals surface area contributed by atoms with Crippen LogP contribution < -0.4 is 26.2 Å². The first-order valence-corrected chi connectivity index (χ1v) is 10.5. The van der Waals surface area contributed by atoms with Gasteiger partial charge in [0.1, 0.15) is 5.82 Å². The molecule has 2 aliphatic rings. The van der Waals surface area contributed by atoms with E-state index in [1.54, 1.807) is 12.1 Å². The predicted octanol–water partition coefficient (Wildman–Crippen LogP) is 1.80. The van der Waals surface area contributed by atoms with Crippen molar-refractivity contribution in [1.82, 2.24) is 21.5 Å². The number of rotatable bonds is 6. The van der Waals surface area contributed by atoms with Gasteiger partial charge in [-0.2, -0.15) is 0 Å². The van der Waals surface area contributed by atoms with E-state index < -0.39 is 10.0 Å². The average Bonchev–Trinajstić information content (AvgIpc) is 3.38. The number of anilines is 1. The van der Waals surface area contributed by atoms with Gasteiger partial charge in [-0.15, -0.1) is 0 Å². The number of benzene rings is 1. The van der Waals surface area contributed by atoms with E-state index in [4.69, 9.17) is 0 Å². The molecule has 1 aromatic rings. The van der Waals surface area contributed by atoms with E-state index in [1.165, 1.54) is 12.8 Å². The monoisotopic (exact) mass is 375 g/mol. The number of hydrazine groups is 1. The maximum absolute atomic E-state index is 11.5. The molecule has 1 saturated carbocycles. The Morgan fingerprint density at radius 3 is 2.73 bits per heavy atom. The van der Waals surface area contributed by atoms with Crippen molar-refractivity contribution in [3.05, 3.63) is 59.7 Å². The van der Waals surface area contributed by atoms with E-state index in [2.05, 4.69) is 26.2 Å². The molecule has 0 spiro atoms. The molecule has 5 N–H and O–H groups in total. The van der Waals surface area contributed by atoms with Crippen molar-refractivity contribution in [2.75, 3.05) is 17.5 Å². The minimum absolute atomic E-state index is 0.516. The minimum atomic E-state index is -3.32. The van der Waals surface area contributed by atoms with E-state index in [0.717, 1.165) is 41.5 Å². The zero-order valence-corrected chi connectivity index (χ0v) is 15.8. The second-order valence-corrected chi connectivity index (χ2v) is 8.41. The molecule has 1 aromatic carbocycles. The molecule has 8 heteroatoms. The largest absolute Gasteiger partial charge is 0.370 e. The zero-order valence-electron chi connectivity index (χ0n) is 15.0. The summed E-state index contributed by atoms with van der Waals surface area (Å²) in [5.74, 6) is 1.65. The first-order chi connectivity index (χ1) is 12.4. The molecular weight excluding hydrogens is 350 g/mol. The lowest BCUT2D eigenvalue weighted by atomic mass is 10.1. The third-order valence-electron chi connectivity index (χ3n) is 4.03. The molecule has 140 valence electrons. The summed E-state index contributed by atoms with van der Waals surface area (Å²) in [5.41, 5.74) is 9.52. The standard InChI is InChI=1S/C18H25N5O2S/c1-13-6-9-18(20-11-14-7-8-14)22-21-17(12-19-13)15-4-3-5-16(10-15)23-26(2,24)25/h3-6,9-10,12,14,19-23H,7-8,11H2,1-2H3/b13-6+,17-12-,18-9-. The second kappa shape index (κ2) is 7.74. The molecule has 0 saturated heterocycles. The summed E-state index contributed by atoms with van der Waals surface area (Å²) in [7, 11) is -3.32. The highest BCUT2D eigenvalue weighted by molar-refractivity contribution is 7.92. The molecule has 0 atom stereocenters. The number of hydrogen-bond acceptors (Lipinski definition) is 6. The van der Waals surface area contributed by atoms with Gasteiger partial charge in [0.05, 0.1) is 12.0 Å². The van der Waals surface area contributed by atoms with Crippen LogP contribution in [0.5, 0.6) is 0 Å². The van der Waals surface area contributed by atoms with Gasteiger partial charge in [-0.3, -0.25) is 15.6 Å². The van der Waals surface area contributed by atoms with Crippen LogP contribution in [0.2, 0.25) is 0 Å². The fourth-order valence-corrected chi connectivity index (χ4v) is 3.01. The van der Waals surface area contributed by atoms with Gasteiger partial charge in [-0.05, 0) is 50.0 Å². The molecule has 1 fully saturated rings. The third kappa shape index (κ3) is 5.73. The van der Waals surface area contributed by atoms with Crippen molar-refractivity contribution in [2.24, 2.45) is 5.92 Å². The van der Waals surface area contributed by atoms with Crippen LogP contribution in [-0.4, -0.2) is 21.2 Å². The molecule has 3 rings (SSSR count). The third-order valence-corrected chi connectivity index (χ3v) is 4.64. The molecule has 0 radical (unpaired) electrons. The summed E-state index contributed by atoms with van der Waals surface area (Å²) >= 11 is 0. The second-order valence-electron chi connectivity index (χ2n) is 6.66. The van der Waals surface area contributed by atoms with E-state index in [-0.39, 0.29) is 0 Å². The Hall–Kier alpha value is -2.61. The molecule has 0 amide bonds. The van der Waals surface area contributed by atoms with E-state index >= 15 is 0 Å². The zero-order chi connectivity index (χ0) is 18.6. The van der Waals surface area contributed by atoms with Gasteiger partial charge < -0.3 is 10.6 Å². The minimum Gasteiger partial charge on any atom is -0.370 e. The number of sulfonamides is 1. The normalized spacial score (nSPS) is 23.7. The number of hydrogen-bond donors (Lipinski definition) is 5. The summed E-state index contributed by atoms with van der Waals surface area (Å²) in [5, 5.41) is 6.63. The molecule has 26 heavy (non-hydrogen) atoms. The van der Waals surface area contributed by atoms with Gasteiger partial charge in [0, 0.05) is 29.7 Å². The summed E-state index contributed by atoms with van der Waals surface area (Å²) in [6.45, 7) is 2.93. The van der Waals surface area contributed by atoms with Gasteiger partial charge in [-0.1, -0.05) is 12.1 Å². The van der Waals surface area contributed by atoms with Crippen LogP contribution in [0.3, 0.4) is 0 Å². The summed E-state index contributed by atoms with van der Waals surface area (Å²) < 4.78 is 25.4. The van der Waals surface area contributed by atoms with Gasteiger partial charge >= 0.3 is 0 Å². The van der Waals surface area contributed by atoms with Crippen molar-refractivity contribution in [1.29, 1.82) is 0 Å². The van der Waals surface area contributed by atoms with Crippen LogP contribution in [0.1, 0.15) is 25.3 Å². The Morgan fingerprint density at radius 1 is 1.19 bits per heavy atom.